The van der Waals surface area contributed by atoms with Gasteiger partial charge in [0, 0.05) is 0 Å². The Morgan fingerprint density at radius 1 is 1.20 bits per heavy atom. The first kappa shape index (κ1) is 15.5. The molecule has 0 radical (unpaired) electrons. The third-order valence-corrected chi connectivity index (χ3v) is 2.45. The van der Waals surface area contributed by atoms with E-state index < -0.39 is 24.1 Å². The number of rotatable bonds is 6. The average molecular weight is 334 g/mol. The van der Waals surface area contributed by atoms with E-state index in [4.69, 9.17) is 7.80 Å². The highest BCUT2D eigenvalue weighted by molar-refractivity contribution is 14.1. The maximum Gasteiger partial charge on any atom is 0.193 e. The summed E-state index contributed by atoms with van der Waals surface area (Å²) in [6.07, 6.45) is -3.45. The van der Waals surface area contributed by atoms with Gasteiger partial charge in [-0.1, -0.05) is 0 Å². The van der Waals surface area contributed by atoms with Crippen LogP contribution < -0.4 is 0 Å². The molecule has 15 heavy (non-hydrogen) atoms. The monoisotopic (exact) mass is 334 g/mol. The molecule has 0 aromatic heterocycles. The Bertz CT molecular complexity index is 183. The fourth-order valence-electron chi connectivity index (χ4n) is 1.25. The number of halogens is 1. The van der Waals surface area contributed by atoms with Crippen LogP contribution >= 0.6 is 23.0 Å². The molecule has 0 aromatic carbocycles. The smallest absolute Gasteiger partial charge is 0.193 e. The molecule has 0 saturated carbocycles. The van der Waals surface area contributed by atoms with Crippen molar-refractivity contribution < 1.29 is 23.1 Å². The van der Waals surface area contributed by atoms with Gasteiger partial charge in [-0.2, -0.15) is 0 Å². The molecule has 0 heterocycles. The van der Waals surface area contributed by atoms with Crippen molar-refractivity contribution in [3.8, 4) is 0 Å². The van der Waals surface area contributed by atoms with Gasteiger partial charge in [0.05, 0.1) is 12.2 Å². The zero-order valence-electron chi connectivity index (χ0n) is 9.35. The minimum Gasteiger partial charge on any atom is -0.391 e. The molecular weight excluding hydrogens is 315 g/mol. The summed E-state index contributed by atoms with van der Waals surface area (Å²) in [4.78, 5) is 0. The first-order valence-corrected chi connectivity index (χ1v) is 5.64. The molecule has 0 bridgehead atoms. The van der Waals surface area contributed by atoms with Crippen LogP contribution in [0.25, 0.3) is 0 Å². The highest BCUT2D eigenvalue weighted by Crippen LogP contribution is 2.24. The molecular formula is C9H19IO5. The van der Waals surface area contributed by atoms with Crippen molar-refractivity contribution in [2.75, 3.05) is 0 Å². The maximum absolute atomic E-state index is 9.94. The molecule has 0 aliphatic rings. The van der Waals surface area contributed by atoms with Crippen molar-refractivity contribution in [1.82, 2.24) is 0 Å². The Hall–Kier alpha value is 0.530. The molecule has 6 heteroatoms. The van der Waals surface area contributed by atoms with Crippen LogP contribution in [0.4, 0.5) is 0 Å². The van der Waals surface area contributed by atoms with Crippen molar-refractivity contribution in [3.05, 3.63) is 0 Å². The number of ether oxygens (including phenoxy) is 1. The van der Waals surface area contributed by atoms with Gasteiger partial charge in [0.25, 0.3) is 0 Å². The molecule has 92 valence electrons. The standard InChI is InChI=1S/C9H19IO5/c1-5(2)14-9(4,13)8(15-10)7(12)6(3)11/h5-8,11-13H,1-4H3. The fourth-order valence-corrected chi connectivity index (χ4v) is 2.02. The van der Waals surface area contributed by atoms with E-state index in [1.807, 2.05) is 0 Å². The van der Waals surface area contributed by atoms with Gasteiger partial charge < -0.3 is 23.1 Å². The second-order valence-corrected chi connectivity index (χ2v) is 4.47. The molecule has 0 spiro atoms. The Morgan fingerprint density at radius 3 is 1.93 bits per heavy atom. The quantitative estimate of drug-likeness (QED) is 0.490. The van der Waals surface area contributed by atoms with E-state index in [0.29, 0.717) is 0 Å². The molecule has 0 amide bonds. The summed E-state index contributed by atoms with van der Waals surface area (Å²) >= 11 is 1.56. The third-order valence-electron chi connectivity index (χ3n) is 1.90. The van der Waals surface area contributed by atoms with E-state index >= 15 is 0 Å². The minimum atomic E-state index is -1.65. The Labute approximate surface area is 104 Å². The molecule has 0 aromatic rings. The summed E-state index contributed by atoms with van der Waals surface area (Å²) in [6, 6.07) is 0. The molecule has 4 unspecified atom stereocenters. The summed E-state index contributed by atoms with van der Waals surface area (Å²) < 4.78 is 10.1. The van der Waals surface area contributed by atoms with Crippen molar-refractivity contribution in [1.29, 1.82) is 0 Å². The van der Waals surface area contributed by atoms with Gasteiger partial charge in [-0.25, -0.2) is 0 Å². The van der Waals surface area contributed by atoms with Crippen LogP contribution in [0, 0.1) is 0 Å². The highest BCUT2D eigenvalue weighted by atomic mass is 127. The minimum absolute atomic E-state index is 0.213. The fraction of sp³-hybridized carbons (Fsp3) is 1.00. The van der Waals surface area contributed by atoms with Gasteiger partial charge in [-0.15, -0.1) is 0 Å². The molecule has 0 rings (SSSR count). The third kappa shape index (κ3) is 4.92. The van der Waals surface area contributed by atoms with Crippen LogP contribution in [0.1, 0.15) is 27.7 Å². The van der Waals surface area contributed by atoms with Crippen LogP contribution in [0.2, 0.25) is 0 Å². The van der Waals surface area contributed by atoms with Gasteiger partial charge in [0.2, 0.25) is 0 Å². The van der Waals surface area contributed by atoms with Gasteiger partial charge in [0.1, 0.15) is 29.1 Å². The maximum atomic E-state index is 9.94. The van der Waals surface area contributed by atoms with E-state index in [2.05, 4.69) is 0 Å². The summed E-state index contributed by atoms with van der Waals surface area (Å²) in [5.41, 5.74) is 0. The Kier molecular flexibility index (Phi) is 6.53. The van der Waals surface area contributed by atoms with Crippen molar-refractivity contribution in [2.24, 2.45) is 0 Å². The number of aliphatic hydroxyl groups is 3. The van der Waals surface area contributed by atoms with Gasteiger partial charge >= 0.3 is 0 Å². The van der Waals surface area contributed by atoms with E-state index in [9.17, 15) is 15.3 Å². The molecule has 0 aliphatic carbocycles. The lowest BCUT2D eigenvalue weighted by Gasteiger charge is -2.35. The summed E-state index contributed by atoms with van der Waals surface area (Å²) in [5.74, 6) is -1.65. The summed E-state index contributed by atoms with van der Waals surface area (Å²) in [7, 11) is 0. The van der Waals surface area contributed by atoms with Crippen molar-refractivity contribution in [2.45, 2.75) is 57.9 Å². The second kappa shape index (κ2) is 6.31. The molecule has 0 aliphatic heterocycles. The Morgan fingerprint density at radius 2 is 1.67 bits per heavy atom. The molecule has 0 fully saturated rings. The molecule has 5 nitrogen and oxygen atoms in total. The van der Waals surface area contributed by atoms with Gasteiger partial charge in [0.15, 0.2) is 11.9 Å². The second-order valence-electron chi connectivity index (χ2n) is 3.96. The normalized spacial score (nSPS) is 22.2. The highest BCUT2D eigenvalue weighted by Gasteiger charge is 2.41. The first-order valence-electron chi connectivity index (χ1n) is 4.76. The number of hydrogen-bond acceptors (Lipinski definition) is 5. The van der Waals surface area contributed by atoms with E-state index in [1.165, 1.54) is 13.8 Å². The zero-order chi connectivity index (χ0) is 12.2. The molecule has 3 N–H and O–H groups in total. The number of aliphatic hydroxyl groups excluding tert-OH is 2. The van der Waals surface area contributed by atoms with Crippen LogP contribution in [-0.2, 0) is 7.80 Å². The predicted octanol–water partition coefficient (Wildman–Crippen LogP) is 0.597. The average Bonchev–Trinajstić information content (AvgIpc) is 2.01. The SMILES string of the molecule is CC(C)OC(C)(O)C(OI)C(O)C(C)O. The van der Waals surface area contributed by atoms with Crippen LogP contribution in [0.5, 0.6) is 0 Å². The Balaban J connectivity index is 4.63. The lowest BCUT2D eigenvalue weighted by molar-refractivity contribution is -0.270. The van der Waals surface area contributed by atoms with E-state index in [1.54, 1.807) is 36.9 Å². The van der Waals surface area contributed by atoms with Gasteiger partial charge in [-0.3, -0.25) is 0 Å². The largest absolute Gasteiger partial charge is 0.391 e. The zero-order valence-corrected chi connectivity index (χ0v) is 11.5. The predicted molar refractivity (Wildman–Crippen MR) is 63.4 cm³/mol. The van der Waals surface area contributed by atoms with Crippen LogP contribution in [-0.4, -0.2) is 45.5 Å². The van der Waals surface area contributed by atoms with Gasteiger partial charge in [-0.05, 0) is 27.7 Å². The summed E-state index contributed by atoms with van der Waals surface area (Å²) in [6.45, 7) is 6.32. The topological polar surface area (TPSA) is 79.2 Å². The number of hydrogen-bond donors (Lipinski definition) is 3. The first-order chi connectivity index (χ1) is 6.72. The van der Waals surface area contributed by atoms with Crippen molar-refractivity contribution >= 4 is 23.0 Å². The lowest BCUT2D eigenvalue weighted by Crippen LogP contribution is -2.53. The van der Waals surface area contributed by atoms with E-state index in [-0.39, 0.29) is 6.10 Å². The summed E-state index contributed by atoms with van der Waals surface area (Å²) in [5, 5.41) is 28.8. The molecule has 0 saturated heterocycles. The van der Waals surface area contributed by atoms with E-state index in [0.717, 1.165) is 0 Å². The van der Waals surface area contributed by atoms with Crippen LogP contribution in [0.3, 0.4) is 0 Å². The van der Waals surface area contributed by atoms with Crippen LogP contribution in [0.15, 0.2) is 0 Å². The van der Waals surface area contributed by atoms with Crippen molar-refractivity contribution in [3.63, 3.8) is 0 Å². The lowest BCUT2D eigenvalue weighted by atomic mass is 10.0. The molecule has 4 atom stereocenters.